The van der Waals surface area contributed by atoms with Crippen molar-refractivity contribution in [1.82, 2.24) is 9.97 Å². The highest BCUT2D eigenvalue weighted by Gasteiger charge is 2.11. The summed E-state index contributed by atoms with van der Waals surface area (Å²) in [5.41, 5.74) is 6.48. The maximum atomic E-state index is 8.70. The minimum absolute atomic E-state index is 0.0409. The summed E-state index contributed by atoms with van der Waals surface area (Å²) in [5.74, 6) is 0.468. The molecule has 0 aromatic carbocycles. The van der Waals surface area contributed by atoms with Gasteiger partial charge in [-0.1, -0.05) is 0 Å². The van der Waals surface area contributed by atoms with Crippen molar-refractivity contribution in [2.45, 2.75) is 12.5 Å². The number of aliphatic hydroxyl groups is 1. The molecule has 0 spiro atoms. The number of methoxy groups -OCH3 is 1. The lowest BCUT2D eigenvalue weighted by atomic mass is 10.1. The zero-order valence-corrected chi connectivity index (χ0v) is 7.47. The molecule has 1 heterocycles. The maximum Gasteiger partial charge on any atom is 0.220 e. The molecule has 1 rings (SSSR count). The Labute approximate surface area is 76.6 Å². The number of rotatable bonds is 4. The number of aliphatic hydroxyl groups excluding tert-OH is 1. The third kappa shape index (κ3) is 2.37. The molecule has 0 saturated heterocycles. The molecule has 0 aliphatic carbocycles. The van der Waals surface area contributed by atoms with Crippen LogP contribution in [-0.4, -0.2) is 28.8 Å². The highest BCUT2D eigenvalue weighted by atomic mass is 16.5. The van der Waals surface area contributed by atoms with E-state index in [1.54, 1.807) is 6.20 Å². The maximum absolute atomic E-state index is 8.70. The van der Waals surface area contributed by atoms with Crippen molar-refractivity contribution in [3.05, 3.63) is 18.1 Å². The summed E-state index contributed by atoms with van der Waals surface area (Å²) < 4.78 is 5.00. The van der Waals surface area contributed by atoms with E-state index in [1.807, 2.05) is 0 Å². The van der Waals surface area contributed by atoms with E-state index >= 15 is 0 Å². The Morgan fingerprint density at radius 3 is 3.08 bits per heavy atom. The van der Waals surface area contributed by atoms with Crippen molar-refractivity contribution < 1.29 is 9.84 Å². The van der Waals surface area contributed by atoms with E-state index in [0.717, 1.165) is 5.56 Å². The second-order valence-corrected chi connectivity index (χ2v) is 2.61. The van der Waals surface area contributed by atoms with Crippen LogP contribution >= 0.6 is 0 Å². The summed E-state index contributed by atoms with van der Waals surface area (Å²) >= 11 is 0. The Morgan fingerprint density at radius 1 is 1.69 bits per heavy atom. The number of nitrogens with zero attached hydrogens (tertiary/aromatic N) is 2. The Hall–Kier alpha value is -1.20. The largest absolute Gasteiger partial charge is 0.481 e. The Balaban J connectivity index is 2.85. The van der Waals surface area contributed by atoms with Crippen molar-refractivity contribution in [3.8, 4) is 5.88 Å². The van der Waals surface area contributed by atoms with E-state index < -0.39 is 0 Å². The van der Waals surface area contributed by atoms with Crippen molar-refractivity contribution in [3.63, 3.8) is 0 Å². The van der Waals surface area contributed by atoms with Gasteiger partial charge in [0.15, 0.2) is 0 Å². The Kier molecular flexibility index (Phi) is 3.60. The second-order valence-electron chi connectivity index (χ2n) is 2.61. The predicted molar refractivity (Wildman–Crippen MR) is 47.2 cm³/mol. The van der Waals surface area contributed by atoms with Gasteiger partial charge in [0, 0.05) is 24.4 Å². The molecular weight excluding hydrogens is 170 g/mol. The third-order valence-electron chi connectivity index (χ3n) is 1.74. The van der Waals surface area contributed by atoms with Gasteiger partial charge in [0.05, 0.1) is 7.11 Å². The van der Waals surface area contributed by atoms with Crippen LogP contribution in [0.3, 0.4) is 0 Å². The van der Waals surface area contributed by atoms with Gasteiger partial charge in [-0.3, -0.25) is 0 Å². The summed E-state index contributed by atoms with van der Waals surface area (Å²) in [6.07, 6.45) is 3.48. The minimum atomic E-state index is -0.277. The van der Waals surface area contributed by atoms with E-state index in [4.69, 9.17) is 15.6 Å². The van der Waals surface area contributed by atoms with Gasteiger partial charge in [0.25, 0.3) is 0 Å². The van der Waals surface area contributed by atoms with Crippen LogP contribution in [-0.2, 0) is 0 Å². The molecule has 0 aliphatic heterocycles. The van der Waals surface area contributed by atoms with Crippen LogP contribution in [0.5, 0.6) is 5.88 Å². The highest BCUT2D eigenvalue weighted by molar-refractivity contribution is 5.25. The van der Waals surface area contributed by atoms with Gasteiger partial charge in [-0.05, 0) is 6.42 Å². The molecule has 0 amide bonds. The molecule has 0 aliphatic rings. The van der Waals surface area contributed by atoms with Gasteiger partial charge in [-0.25, -0.2) is 9.97 Å². The first-order valence-corrected chi connectivity index (χ1v) is 4.00. The van der Waals surface area contributed by atoms with Gasteiger partial charge in [-0.15, -0.1) is 0 Å². The third-order valence-corrected chi connectivity index (χ3v) is 1.74. The summed E-state index contributed by atoms with van der Waals surface area (Å²) in [6.45, 7) is 0.0409. The van der Waals surface area contributed by atoms with Crippen LogP contribution in [0.1, 0.15) is 18.0 Å². The lowest BCUT2D eigenvalue weighted by molar-refractivity contribution is 0.274. The van der Waals surface area contributed by atoms with Crippen molar-refractivity contribution in [2.24, 2.45) is 5.73 Å². The van der Waals surface area contributed by atoms with E-state index in [9.17, 15) is 0 Å². The Bertz CT molecular complexity index is 267. The molecule has 1 unspecified atom stereocenters. The van der Waals surface area contributed by atoms with Gasteiger partial charge in [0.2, 0.25) is 5.88 Å². The Morgan fingerprint density at radius 2 is 2.46 bits per heavy atom. The van der Waals surface area contributed by atoms with E-state index in [-0.39, 0.29) is 12.6 Å². The van der Waals surface area contributed by atoms with Crippen LogP contribution in [0, 0.1) is 0 Å². The lowest BCUT2D eigenvalue weighted by Gasteiger charge is -2.12. The van der Waals surface area contributed by atoms with E-state index in [2.05, 4.69) is 9.97 Å². The molecule has 0 saturated carbocycles. The zero-order valence-electron chi connectivity index (χ0n) is 7.47. The molecule has 3 N–H and O–H groups in total. The fourth-order valence-electron chi connectivity index (χ4n) is 1.05. The smallest absolute Gasteiger partial charge is 0.220 e. The second kappa shape index (κ2) is 4.74. The molecule has 72 valence electrons. The van der Waals surface area contributed by atoms with Crippen LogP contribution in [0.25, 0.3) is 0 Å². The highest BCUT2D eigenvalue weighted by Crippen LogP contribution is 2.21. The average molecular weight is 183 g/mol. The van der Waals surface area contributed by atoms with E-state index in [0.29, 0.717) is 12.3 Å². The molecule has 1 atom stereocenters. The summed E-state index contributed by atoms with van der Waals surface area (Å²) in [7, 11) is 1.53. The number of aromatic nitrogens is 2. The first-order valence-electron chi connectivity index (χ1n) is 4.00. The zero-order chi connectivity index (χ0) is 9.68. The number of nitrogens with two attached hydrogens (primary N) is 1. The monoisotopic (exact) mass is 183 g/mol. The van der Waals surface area contributed by atoms with Crippen molar-refractivity contribution >= 4 is 0 Å². The fraction of sp³-hybridized carbons (Fsp3) is 0.500. The first kappa shape index (κ1) is 9.88. The van der Waals surface area contributed by atoms with E-state index in [1.165, 1.54) is 13.4 Å². The topological polar surface area (TPSA) is 81.3 Å². The lowest BCUT2D eigenvalue weighted by Crippen LogP contribution is -2.14. The van der Waals surface area contributed by atoms with Crippen LogP contribution in [0.2, 0.25) is 0 Å². The molecule has 13 heavy (non-hydrogen) atoms. The summed E-state index contributed by atoms with van der Waals surface area (Å²) in [6, 6.07) is -0.277. The van der Waals surface area contributed by atoms with Gasteiger partial charge in [-0.2, -0.15) is 0 Å². The van der Waals surface area contributed by atoms with Crippen LogP contribution in [0.15, 0.2) is 12.5 Å². The fourth-order valence-corrected chi connectivity index (χ4v) is 1.05. The van der Waals surface area contributed by atoms with Gasteiger partial charge < -0.3 is 15.6 Å². The number of hydrogen-bond donors (Lipinski definition) is 2. The molecule has 0 fully saturated rings. The normalized spacial score (nSPS) is 12.5. The molecule has 5 nitrogen and oxygen atoms in total. The summed E-state index contributed by atoms with van der Waals surface area (Å²) in [5, 5.41) is 8.70. The first-order chi connectivity index (χ1) is 6.29. The molecule has 0 bridgehead atoms. The molecule has 1 aromatic rings. The van der Waals surface area contributed by atoms with Gasteiger partial charge in [0.1, 0.15) is 6.33 Å². The SMILES string of the molecule is COc1ncncc1C(N)CCO. The predicted octanol–water partition coefficient (Wildman–Crippen LogP) is -0.133. The molecular formula is C8H13N3O2. The minimum Gasteiger partial charge on any atom is -0.481 e. The number of ether oxygens (including phenoxy) is 1. The quantitative estimate of drug-likeness (QED) is 0.679. The molecule has 5 heteroatoms. The van der Waals surface area contributed by atoms with Crippen LogP contribution in [0.4, 0.5) is 0 Å². The van der Waals surface area contributed by atoms with Crippen LogP contribution < -0.4 is 10.5 Å². The average Bonchev–Trinajstić information content (AvgIpc) is 2.18. The molecule has 1 aromatic heterocycles. The molecule has 0 radical (unpaired) electrons. The standard InChI is InChI=1S/C8H13N3O2/c1-13-8-6(4-10-5-11-8)7(9)2-3-12/h4-5,7,12H,2-3,9H2,1H3. The van der Waals surface area contributed by atoms with Crippen molar-refractivity contribution in [1.29, 1.82) is 0 Å². The van der Waals surface area contributed by atoms with Gasteiger partial charge >= 0.3 is 0 Å². The summed E-state index contributed by atoms with van der Waals surface area (Å²) in [4.78, 5) is 7.75. The van der Waals surface area contributed by atoms with Crippen molar-refractivity contribution in [2.75, 3.05) is 13.7 Å². The number of hydrogen-bond acceptors (Lipinski definition) is 5.